The molecule has 158 valence electrons. The van der Waals surface area contributed by atoms with E-state index in [1.807, 2.05) is 12.1 Å². The van der Waals surface area contributed by atoms with Crippen molar-refractivity contribution in [1.29, 1.82) is 0 Å². The van der Waals surface area contributed by atoms with Crippen molar-refractivity contribution < 1.29 is 14.5 Å². The third kappa shape index (κ3) is 6.23. The van der Waals surface area contributed by atoms with Crippen LogP contribution in [0.5, 0.6) is 0 Å². The minimum Gasteiger partial charge on any atom is -0.373 e. The van der Waals surface area contributed by atoms with Gasteiger partial charge in [-0.3, -0.25) is 19.8 Å². The van der Waals surface area contributed by atoms with Gasteiger partial charge in [-0.25, -0.2) is 0 Å². The minimum atomic E-state index is -0.461. The molecule has 30 heavy (non-hydrogen) atoms. The second kappa shape index (κ2) is 10.1. The summed E-state index contributed by atoms with van der Waals surface area (Å²) in [4.78, 5) is 25.0. The number of nitrogens with one attached hydrogen (secondary N) is 1. The first-order valence-corrected chi connectivity index (χ1v) is 10.1. The molecule has 1 amide bonds. The fourth-order valence-electron chi connectivity index (χ4n) is 3.64. The Morgan fingerprint density at radius 1 is 1.13 bits per heavy atom. The number of hydrogen-bond donors (Lipinski definition) is 1. The number of ether oxygens (including phenoxy) is 1. The predicted octanol–water partition coefficient (Wildman–Crippen LogP) is 3.53. The standard InChI is InChI=1S/C23H27N3O4/c1-17-14-25(15-18(2)30-17)16-20-9-7-19(8-10-20)13-24-23(27)12-11-21-5-3-4-6-22(21)26(28)29/h3-12,17-18H,13-16H2,1-2H3,(H,24,27)/b12-11+. The maximum absolute atomic E-state index is 12.1. The van der Waals surface area contributed by atoms with Gasteiger partial charge in [-0.15, -0.1) is 0 Å². The topological polar surface area (TPSA) is 84.7 Å². The lowest BCUT2D eigenvalue weighted by Gasteiger charge is -2.35. The molecule has 2 aromatic rings. The van der Waals surface area contributed by atoms with Gasteiger partial charge >= 0.3 is 0 Å². The second-order valence-electron chi connectivity index (χ2n) is 7.63. The molecule has 1 fully saturated rings. The maximum Gasteiger partial charge on any atom is 0.276 e. The van der Waals surface area contributed by atoms with Crippen LogP contribution in [0.4, 0.5) is 5.69 Å². The van der Waals surface area contributed by atoms with Crippen molar-refractivity contribution in [3.8, 4) is 0 Å². The van der Waals surface area contributed by atoms with Crippen LogP contribution in [-0.4, -0.2) is 41.0 Å². The zero-order valence-electron chi connectivity index (χ0n) is 17.3. The van der Waals surface area contributed by atoms with Gasteiger partial charge in [-0.05, 0) is 37.1 Å². The van der Waals surface area contributed by atoms with Crippen LogP contribution in [0, 0.1) is 10.1 Å². The van der Waals surface area contributed by atoms with Crippen LogP contribution in [0.1, 0.15) is 30.5 Å². The summed E-state index contributed by atoms with van der Waals surface area (Å²) >= 11 is 0. The molecule has 0 aliphatic carbocycles. The van der Waals surface area contributed by atoms with Gasteiger partial charge in [-0.2, -0.15) is 0 Å². The Kier molecular flexibility index (Phi) is 7.32. The van der Waals surface area contributed by atoms with Gasteiger partial charge in [0.1, 0.15) is 0 Å². The van der Waals surface area contributed by atoms with Crippen LogP contribution in [0.3, 0.4) is 0 Å². The smallest absolute Gasteiger partial charge is 0.276 e. The van der Waals surface area contributed by atoms with Crippen LogP contribution in [0.15, 0.2) is 54.6 Å². The Morgan fingerprint density at radius 3 is 2.43 bits per heavy atom. The van der Waals surface area contributed by atoms with Crippen LogP contribution in [0.2, 0.25) is 0 Å². The van der Waals surface area contributed by atoms with Crippen LogP contribution in [0.25, 0.3) is 6.08 Å². The van der Waals surface area contributed by atoms with E-state index in [9.17, 15) is 14.9 Å². The number of nitro benzene ring substituents is 1. The highest BCUT2D eigenvalue weighted by Gasteiger charge is 2.21. The molecular formula is C23H27N3O4. The van der Waals surface area contributed by atoms with Gasteiger partial charge in [0.2, 0.25) is 5.91 Å². The molecular weight excluding hydrogens is 382 g/mol. The van der Waals surface area contributed by atoms with E-state index in [4.69, 9.17) is 4.74 Å². The average molecular weight is 409 g/mol. The van der Waals surface area contributed by atoms with E-state index in [0.717, 1.165) is 25.2 Å². The normalized spacial score (nSPS) is 19.7. The number of carbonyl (C=O) groups excluding carboxylic acids is 1. The fraction of sp³-hybridized carbons (Fsp3) is 0.348. The Labute approximate surface area is 176 Å². The molecule has 0 spiro atoms. The molecule has 3 rings (SSSR count). The summed E-state index contributed by atoms with van der Waals surface area (Å²) in [6, 6.07) is 14.5. The summed E-state index contributed by atoms with van der Waals surface area (Å²) in [5.41, 5.74) is 2.59. The number of nitro groups is 1. The van der Waals surface area contributed by atoms with Crippen LogP contribution >= 0.6 is 0 Å². The van der Waals surface area contributed by atoms with Crippen molar-refractivity contribution >= 4 is 17.7 Å². The van der Waals surface area contributed by atoms with Crippen LogP contribution < -0.4 is 5.32 Å². The molecule has 2 atom stereocenters. The maximum atomic E-state index is 12.1. The first kappa shape index (κ1) is 21.7. The summed E-state index contributed by atoms with van der Waals surface area (Å²) < 4.78 is 5.77. The molecule has 1 saturated heterocycles. The lowest BCUT2D eigenvalue weighted by molar-refractivity contribution is -0.385. The molecule has 1 heterocycles. The van der Waals surface area contributed by atoms with Crippen molar-refractivity contribution in [2.75, 3.05) is 13.1 Å². The molecule has 1 aliphatic rings. The molecule has 7 heteroatoms. The van der Waals surface area contributed by atoms with E-state index >= 15 is 0 Å². The zero-order chi connectivity index (χ0) is 21.5. The van der Waals surface area contributed by atoms with E-state index in [1.54, 1.807) is 18.2 Å². The van der Waals surface area contributed by atoms with E-state index in [0.29, 0.717) is 12.1 Å². The second-order valence-corrected chi connectivity index (χ2v) is 7.63. The first-order chi connectivity index (χ1) is 14.4. The highest BCUT2D eigenvalue weighted by Crippen LogP contribution is 2.19. The molecule has 0 saturated carbocycles. The Bertz CT molecular complexity index is 901. The molecule has 0 radical (unpaired) electrons. The van der Waals surface area contributed by atoms with E-state index in [1.165, 1.54) is 23.8 Å². The minimum absolute atomic E-state index is 0.0267. The lowest BCUT2D eigenvalue weighted by atomic mass is 10.1. The average Bonchev–Trinajstić information content (AvgIpc) is 2.71. The fourth-order valence-corrected chi connectivity index (χ4v) is 3.64. The number of carbonyl (C=O) groups is 1. The largest absolute Gasteiger partial charge is 0.373 e. The van der Waals surface area contributed by atoms with E-state index < -0.39 is 4.92 Å². The molecule has 0 aromatic heterocycles. The Hall–Kier alpha value is -3.03. The monoisotopic (exact) mass is 409 g/mol. The van der Waals surface area contributed by atoms with Gasteiger partial charge in [0.25, 0.3) is 5.69 Å². The predicted molar refractivity (Wildman–Crippen MR) is 116 cm³/mol. The first-order valence-electron chi connectivity index (χ1n) is 10.1. The highest BCUT2D eigenvalue weighted by molar-refractivity contribution is 5.92. The van der Waals surface area contributed by atoms with Crippen molar-refractivity contribution in [2.24, 2.45) is 0 Å². The SMILES string of the molecule is CC1CN(Cc2ccc(CNC(=O)/C=C/c3ccccc3[N+](=O)[O-])cc2)CC(C)O1. The van der Waals surface area contributed by atoms with Gasteiger partial charge < -0.3 is 10.1 Å². The summed E-state index contributed by atoms with van der Waals surface area (Å²) in [6.07, 6.45) is 3.26. The highest BCUT2D eigenvalue weighted by atomic mass is 16.6. The number of amides is 1. The molecule has 2 unspecified atom stereocenters. The quantitative estimate of drug-likeness (QED) is 0.430. The third-order valence-electron chi connectivity index (χ3n) is 4.94. The molecule has 2 aromatic carbocycles. The van der Waals surface area contributed by atoms with Crippen molar-refractivity contribution in [3.05, 3.63) is 81.4 Å². The van der Waals surface area contributed by atoms with Gasteiger partial charge in [0.05, 0.1) is 22.7 Å². The number of morpholine rings is 1. The number of benzene rings is 2. The molecule has 7 nitrogen and oxygen atoms in total. The summed E-state index contributed by atoms with van der Waals surface area (Å²) in [5.74, 6) is -0.298. The summed E-state index contributed by atoms with van der Waals surface area (Å²) in [6.45, 7) is 7.31. The summed E-state index contributed by atoms with van der Waals surface area (Å²) in [7, 11) is 0. The van der Waals surface area contributed by atoms with Crippen molar-refractivity contribution in [2.45, 2.75) is 39.1 Å². The van der Waals surface area contributed by atoms with Crippen molar-refractivity contribution in [1.82, 2.24) is 10.2 Å². The van der Waals surface area contributed by atoms with Crippen molar-refractivity contribution in [3.63, 3.8) is 0 Å². The number of hydrogen-bond acceptors (Lipinski definition) is 5. The third-order valence-corrected chi connectivity index (χ3v) is 4.94. The van der Waals surface area contributed by atoms with Gasteiger partial charge in [0.15, 0.2) is 0 Å². The Balaban J connectivity index is 1.50. The van der Waals surface area contributed by atoms with Gasteiger partial charge in [0, 0.05) is 38.3 Å². The molecule has 1 N–H and O–H groups in total. The van der Waals surface area contributed by atoms with Crippen LogP contribution in [-0.2, 0) is 22.6 Å². The zero-order valence-corrected chi connectivity index (χ0v) is 17.3. The van der Waals surface area contributed by atoms with Gasteiger partial charge in [-0.1, -0.05) is 36.4 Å². The molecule has 0 bridgehead atoms. The Morgan fingerprint density at radius 2 is 1.77 bits per heavy atom. The summed E-state index contributed by atoms with van der Waals surface area (Å²) in [5, 5.41) is 13.8. The van der Waals surface area contributed by atoms with E-state index in [2.05, 4.69) is 36.2 Å². The number of rotatable bonds is 7. The molecule has 1 aliphatic heterocycles. The lowest BCUT2D eigenvalue weighted by Crippen LogP contribution is -2.44. The number of nitrogens with zero attached hydrogens (tertiary/aromatic N) is 2. The van der Waals surface area contributed by atoms with E-state index in [-0.39, 0.29) is 23.8 Å². The number of para-hydroxylation sites is 1.